The first-order valence-electron chi connectivity index (χ1n) is 12.4. The number of carbonyl (C=O) groups is 1. The molecule has 2 aromatic heterocycles. The maximum atomic E-state index is 12.8. The van der Waals surface area contributed by atoms with E-state index in [1.807, 2.05) is 75.7 Å². The van der Waals surface area contributed by atoms with Gasteiger partial charge in [-0.25, -0.2) is 4.98 Å². The molecule has 0 aliphatic rings. The largest absolute Gasteiger partial charge is 0.493 e. The summed E-state index contributed by atoms with van der Waals surface area (Å²) in [6.07, 6.45) is 6.99. The number of nitrogens with one attached hydrogen (secondary N) is 2. The van der Waals surface area contributed by atoms with Crippen LogP contribution < -0.4 is 19.5 Å². The van der Waals surface area contributed by atoms with Crippen LogP contribution in [0.1, 0.15) is 24.1 Å². The van der Waals surface area contributed by atoms with E-state index >= 15 is 0 Å². The molecule has 0 radical (unpaired) electrons. The van der Waals surface area contributed by atoms with E-state index in [4.69, 9.17) is 14.2 Å². The lowest BCUT2D eigenvalue weighted by atomic mass is 10.0. The average molecular weight is 515 g/mol. The molecule has 2 aromatic carbocycles. The van der Waals surface area contributed by atoms with Crippen LogP contribution in [0.15, 0.2) is 67.0 Å². The SMILES string of the molecule is COc1ccc([C@@H](C)NC(=O)/C=C/c2c[nH]c3nccc(-c4ccc(OCCN(C)C)cc4)c23)cc1OC. The Hall–Kier alpha value is -4.30. The number of ether oxygens (including phenoxy) is 3. The zero-order chi connectivity index (χ0) is 27.1. The van der Waals surface area contributed by atoms with Crippen LogP contribution in [-0.4, -0.2) is 62.2 Å². The molecule has 0 unspecified atom stereocenters. The van der Waals surface area contributed by atoms with E-state index in [0.29, 0.717) is 18.1 Å². The van der Waals surface area contributed by atoms with Gasteiger partial charge in [0.1, 0.15) is 18.0 Å². The Morgan fingerprint density at radius 2 is 1.84 bits per heavy atom. The fourth-order valence-corrected chi connectivity index (χ4v) is 4.16. The van der Waals surface area contributed by atoms with Crippen molar-refractivity contribution in [2.75, 3.05) is 41.5 Å². The van der Waals surface area contributed by atoms with E-state index in [2.05, 4.69) is 20.2 Å². The van der Waals surface area contributed by atoms with Gasteiger partial charge in [0.05, 0.1) is 20.3 Å². The van der Waals surface area contributed by atoms with Gasteiger partial charge in [-0.05, 0) is 74.1 Å². The second-order valence-electron chi connectivity index (χ2n) is 9.18. The van der Waals surface area contributed by atoms with Crippen molar-refractivity contribution in [3.8, 4) is 28.4 Å². The highest BCUT2D eigenvalue weighted by Crippen LogP contribution is 2.32. The van der Waals surface area contributed by atoms with Crippen LogP contribution in [0.3, 0.4) is 0 Å². The van der Waals surface area contributed by atoms with E-state index in [-0.39, 0.29) is 11.9 Å². The Morgan fingerprint density at radius 3 is 2.55 bits per heavy atom. The molecule has 1 amide bonds. The minimum absolute atomic E-state index is 0.202. The Kier molecular flexibility index (Phi) is 8.66. The first kappa shape index (κ1) is 26.8. The summed E-state index contributed by atoms with van der Waals surface area (Å²) in [7, 11) is 7.22. The normalized spacial score (nSPS) is 12.2. The van der Waals surface area contributed by atoms with Gasteiger partial charge in [-0.1, -0.05) is 18.2 Å². The molecule has 8 heteroatoms. The number of benzene rings is 2. The smallest absolute Gasteiger partial charge is 0.244 e. The first-order chi connectivity index (χ1) is 18.4. The van der Waals surface area contributed by atoms with Gasteiger partial charge in [-0.2, -0.15) is 0 Å². The van der Waals surface area contributed by atoms with Crippen molar-refractivity contribution in [2.24, 2.45) is 0 Å². The van der Waals surface area contributed by atoms with E-state index in [1.165, 1.54) is 0 Å². The van der Waals surface area contributed by atoms with Crippen molar-refractivity contribution in [3.63, 3.8) is 0 Å². The van der Waals surface area contributed by atoms with Crippen molar-refractivity contribution in [2.45, 2.75) is 13.0 Å². The maximum Gasteiger partial charge on any atom is 0.244 e. The van der Waals surface area contributed by atoms with Gasteiger partial charge in [0.15, 0.2) is 11.5 Å². The number of methoxy groups -OCH3 is 2. The number of fused-ring (bicyclic) bond motifs is 1. The fourth-order valence-electron chi connectivity index (χ4n) is 4.16. The van der Waals surface area contributed by atoms with Crippen molar-refractivity contribution in [1.29, 1.82) is 0 Å². The molecule has 198 valence electrons. The summed E-state index contributed by atoms with van der Waals surface area (Å²) in [5.74, 6) is 1.89. The molecule has 0 aliphatic heterocycles. The summed E-state index contributed by atoms with van der Waals surface area (Å²) in [4.78, 5) is 22.5. The van der Waals surface area contributed by atoms with Crippen molar-refractivity contribution < 1.29 is 19.0 Å². The van der Waals surface area contributed by atoms with E-state index in [0.717, 1.165) is 45.6 Å². The summed E-state index contributed by atoms with van der Waals surface area (Å²) >= 11 is 0. The predicted molar refractivity (Wildman–Crippen MR) is 151 cm³/mol. The van der Waals surface area contributed by atoms with Crippen molar-refractivity contribution in [1.82, 2.24) is 20.2 Å². The lowest BCUT2D eigenvalue weighted by Gasteiger charge is -2.15. The molecule has 1 atom stereocenters. The molecular weight excluding hydrogens is 480 g/mol. The first-order valence-corrected chi connectivity index (χ1v) is 12.4. The monoisotopic (exact) mass is 514 g/mol. The number of rotatable bonds is 11. The molecule has 4 aromatic rings. The second kappa shape index (κ2) is 12.3. The van der Waals surface area contributed by atoms with Gasteiger partial charge in [0.2, 0.25) is 5.91 Å². The van der Waals surface area contributed by atoms with Crippen LogP contribution in [0, 0.1) is 0 Å². The zero-order valence-corrected chi connectivity index (χ0v) is 22.4. The maximum absolute atomic E-state index is 12.8. The molecule has 2 heterocycles. The van der Waals surface area contributed by atoms with Gasteiger partial charge >= 0.3 is 0 Å². The number of hydrogen-bond acceptors (Lipinski definition) is 6. The standard InChI is InChI=1S/C30H34N4O4/c1-20(22-8-12-26(36-4)27(18-22)37-5)33-28(35)13-9-23-19-32-30-29(23)25(14-15-31-30)21-6-10-24(11-7-21)38-17-16-34(2)3/h6-15,18-20H,16-17H2,1-5H3,(H,31,32)(H,33,35)/b13-9+/t20-/m1/s1. The molecule has 0 saturated carbocycles. The quantitative estimate of drug-likeness (QED) is 0.272. The topological polar surface area (TPSA) is 88.7 Å². The number of nitrogens with zero attached hydrogens (tertiary/aromatic N) is 2. The van der Waals surface area contributed by atoms with Crippen molar-refractivity contribution >= 4 is 23.0 Å². The number of aromatic amines is 1. The molecular formula is C30H34N4O4. The summed E-state index contributed by atoms with van der Waals surface area (Å²) in [6.45, 7) is 3.41. The Morgan fingerprint density at radius 1 is 1.08 bits per heavy atom. The molecule has 0 spiro atoms. The molecule has 38 heavy (non-hydrogen) atoms. The molecule has 0 bridgehead atoms. The van der Waals surface area contributed by atoms with Crippen LogP contribution in [0.25, 0.3) is 28.2 Å². The summed E-state index contributed by atoms with van der Waals surface area (Å²) in [6, 6.07) is 15.4. The van der Waals surface area contributed by atoms with Crippen molar-refractivity contribution in [3.05, 3.63) is 78.1 Å². The average Bonchev–Trinajstić information content (AvgIpc) is 3.35. The lowest BCUT2D eigenvalue weighted by molar-refractivity contribution is -0.117. The number of amides is 1. The van der Waals surface area contributed by atoms with Gasteiger partial charge in [-0.3, -0.25) is 4.79 Å². The van der Waals surface area contributed by atoms with Gasteiger partial charge in [-0.15, -0.1) is 0 Å². The van der Waals surface area contributed by atoms with Gasteiger partial charge in [0.25, 0.3) is 0 Å². The molecule has 8 nitrogen and oxygen atoms in total. The summed E-state index contributed by atoms with van der Waals surface area (Å²) in [5, 5.41) is 3.96. The molecule has 4 rings (SSSR count). The summed E-state index contributed by atoms with van der Waals surface area (Å²) < 4.78 is 16.5. The van der Waals surface area contributed by atoms with Crippen LogP contribution >= 0.6 is 0 Å². The van der Waals surface area contributed by atoms with Crippen LogP contribution in [0.5, 0.6) is 17.2 Å². The van der Waals surface area contributed by atoms with E-state index < -0.39 is 0 Å². The highest BCUT2D eigenvalue weighted by Gasteiger charge is 2.13. The number of hydrogen-bond donors (Lipinski definition) is 2. The lowest BCUT2D eigenvalue weighted by Crippen LogP contribution is -2.24. The number of aromatic nitrogens is 2. The minimum atomic E-state index is -0.217. The number of carbonyl (C=O) groups excluding carboxylic acids is 1. The summed E-state index contributed by atoms with van der Waals surface area (Å²) in [5.41, 5.74) is 4.61. The number of pyridine rings is 1. The van der Waals surface area contributed by atoms with E-state index in [9.17, 15) is 4.79 Å². The van der Waals surface area contributed by atoms with Gasteiger partial charge in [0, 0.05) is 36.0 Å². The molecule has 0 aliphatic carbocycles. The fraction of sp³-hybridized carbons (Fsp3) is 0.267. The second-order valence-corrected chi connectivity index (χ2v) is 9.18. The van der Waals surface area contributed by atoms with Gasteiger partial charge < -0.3 is 29.4 Å². The third-order valence-electron chi connectivity index (χ3n) is 6.26. The minimum Gasteiger partial charge on any atom is -0.493 e. The van der Waals surface area contributed by atoms with Crippen LogP contribution in [0.2, 0.25) is 0 Å². The molecule has 0 saturated heterocycles. The predicted octanol–water partition coefficient (Wildman–Crippen LogP) is 5.08. The van der Waals surface area contributed by atoms with Crippen LogP contribution in [-0.2, 0) is 4.79 Å². The highest BCUT2D eigenvalue weighted by atomic mass is 16.5. The Balaban J connectivity index is 1.49. The number of likely N-dealkylation sites (N-methyl/N-ethyl adjacent to an activating group) is 1. The highest BCUT2D eigenvalue weighted by molar-refractivity contribution is 6.01. The third-order valence-corrected chi connectivity index (χ3v) is 6.26. The van der Waals surface area contributed by atoms with E-state index in [1.54, 1.807) is 32.6 Å². The van der Waals surface area contributed by atoms with Crippen LogP contribution in [0.4, 0.5) is 0 Å². The Labute approximate surface area is 223 Å². The number of H-pyrrole nitrogens is 1. The molecule has 2 N–H and O–H groups in total. The molecule has 0 fully saturated rings. The zero-order valence-electron chi connectivity index (χ0n) is 22.4. The Bertz CT molecular complexity index is 1410. The third kappa shape index (κ3) is 6.33.